The molecule has 0 bridgehead atoms. The second-order valence-electron chi connectivity index (χ2n) is 3.06. The predicted molar refractivity (Wildman–Crippen MR) is 58.2 cm³/mol. The van der Waals surface area contributed by atoms with Crippen molar-refractivity contribution in [1.29, 1.82) is 0 Å². The van der Waals surface area contributed by atoms with E-state index < -0.39 is 42.5 Å². The smallest absolute Gasteiger partial charge is 0.387 e. The van der Waals surface area contributed by atoms with Crippen LogP contribution in [0, 0.1) is 10.1 Å². The molecule has 0 spiro atoms. The lowest BCUT2D eigenvalue weighted by Crippen LogP contribution is -2.09. The van der Waals surface area contributed by atoms with Gasteiger partial charge in [-0.3, -0.25) is 14.9 Å². The Balaban J connectivity index is 3.71. The molecule has 0 saturated heterocycles. The zero-order valence-corrected chi connectivity index (χ0v) is 10.3. The van der Waals surface area contributed by atoms with Gasteiger partial charge in [-0.25, -0.2) is 8.42 Å². The Morgan fingerprint density at radius 1 is 1.42 bits per heavy atom. The molecule has 0 atom stereocenters. The first-order valence-corrected chi connectivity index (χ1v) is 6.65. The summed E-state index contributed by atoms with van der Waals surface area (Å²) in [6.07, 6.45) is 0.107. The predicted octanol–water partition coefficient (Wildman–Crippen LogP) is 1.94. The molecule has 0 heterocycles. The zero-order valence-electron chi connectivity index (χ0n) is 8.75. The molecule has 104 valence electrons. The Labute approximate surface area is 109 Å². The van der Waals surface area contributed by atoms with Gasteiger partial charge in [-0.05, 0) is 6.07 Å². The molecule has 0 amide bonds. The molecule has 19 heavy (non-hydrogen) atoms. The summed E-state index contributed by atoms with van der Waals surface area (Å²) in [4.78, 5) is 18.8. The van der Waals surface area contributed by atoms with E-state index in [-0.39, 0.29) is 6.29 Å². The molecule has 7 nitrogen and oxygen atoms in total. The van der Waals surface area contributed by atoms with Crippen LogP contribution in [0.15, 0.2) is 17.0 Å². The van der Waals surface area contributed by atoms with E-state index in [1.54, 1.807) is 0 Å². The van der Waals surface area contributed by atoms with Gasteiger partial charge < -0.3 is 4.74 Å². The van der Waals surface area contributed by atoms with E-state index in [0.29, 0.717) is 12.1 Å². The van der Waals surface area contributed by atoms with Gasteiger partial charge in [0.25, 0.3) is 14.7 Å². The van der Waals surface area contributed by atoms with Crippen LogP contribution in [0.4, 0.5) is 14.5 Å². The molecule has 1 rings (SSSR count). The number of rotatable bonds is 5. The lowest BCUT2D eigenvalue weighted by atomic mass is 10.2. The molecule has 0 fully saturated rings. The van der Waals surface area contributed by atoms with E-state index in [9.17, 15) is 32.1 Å². The van der Waals surface area contributed by atoms with Crippen molar-refractivity contribution in [3.8, 4) is 5.75 Å². The molecule has 0 N–H and O–H groups in total. The van der Waals surface area contributed by atoms with Crippen molar-refractivity contribution < 1.29 is 31.7 Å². The number of alkyl halides is 2. The van der Waals surface area contributed by atoms with E-state index >= 15 is 0 Å². The third-order valence-electron chi connectivity index (χ3n) is 1.85. The summed E-state index contributed by atoms with van der Waals surface area (Å²) in [6.45, 7) is -3.45. The average molecular weight is 316 g/mol. The number of benzene rings is 1. The number of carbonyl (C=O) groups is 1. The maximum absolute atomic E-state index is 12.1. The van der Waals surface area contributed by atoms with Crippen LogP contribution in [0.5, 0.6) is 5.75 Å². The van der Waals surface area contributed by atoms with Crippen molar-refractivity contribution in [2.75, 3.05) is 0 Å². The summed E-state index contributed by atoms with van der Waals surface area (Å²) in [5.74, 6) is -1.07. The first kappa shape index (κ1) is 15.2. The quantitative estimate of drug-likeness (QED) is 0.356. The molecule has 0 aliphatic carbocycles. The summed E-state index contributed by atoms with van der Waals surface area (Å²) in [5, 5.41) is 10.7. The maximum Gasteiger partial charge on any atom is 0.387 e. The van der Waals surface area contributed by atoms with E-state index in [0.717, 1.165) is 0 Å². The fourth-order valence-electron chi connectivity index (χ4n) is 1.24. The first-order chi connectivity index (χ1) is 8.66. The molecule has 0 aromatic heterocycles. The molecule has 0 radical (unpaired) electrons. The number of halogens is 3. The van der Waals surface area contributed by atoms with Gasteiger partial charge in [-0.1, -0.05) is 0 Å². The van der Waals surface area contributed by atoms with Gasteiger partial charge in [-0.2, -0.15) is 8.78 Å². The standard InChI is InChI=1S/C8H4ClF2NO6S/c9-19(16,17)7-5(12(14)15)1-4(3-13)2-6(7)18-8(10)11/h1-3,8H. The van der Waals surface area contributed by atoms with Gasteiger partial charge in [0.15, 0.2) is 5.75 Å². The molecule has 11 heteroatoms. The topological polar surface area (TPSA) is 104 Å². The summed E-state index contributed by atoms with van der Waals surface area (Å²) >= 11 is 0. The molecule has 0 unspecified atom stereocenters. The molecule has 0 aliphatic rings. The Morgan fingerprint density at radius 3 is 2.37 bits per heavy atom. The van der Waals surface area contributed by atoms with Crippen molar-refractivity contribution in [2.45, 2.75) is 11.5 Å². The Morgan fingerprint density at radius 2 is 2.00 bits per heavy atom. The first-order valence-electron chi connectivity index (χ1n) is 4.34. The number of nitrogens with zero attached hydrogens (tertiary/aromatic N) is 1. The summed E-state index contributed by atoms with van der Waals surface area (Å²) in [5.41, 5.74) is -1.54. The zero-order chi connectivity index (χ0) is 14.8. The molecular formula is C8H4ClF2NO6S. The number of nitro benzene ring substituents is 1. The highest BCUT2D eigenvalue weighted by atomic mass is 35.7. The van der Waals surface area contributed by atoms with Crippen LogP contribution < -0.4 is 4.74 Å². The molecule has 1 aromatic rings. The number of nitro groups is 1. The fraction of sp³-hybridized carbons (Fsp3) is 0.125. The molecule has 0 saturated carbocycles. The van der Waals surface area contributed by atoms with Gasteiger partial charge >= 0.3 is 6.61 Å². The molecular weight excluding hydrogens is 312 g/mol. The largest absolute Gasteiger partial charge is 0.433 e. The minimum absolute atomic E-state index is 0.107. The number of hydrogen-bond acceptors (Lipinski definition) is 6. The second kappa shape index (κ2) is 5.45. The highest BCUT2D eigenvalue weighted by molar-refractivity contribution is 8.14. The van der Waals surface area contributed by atoms with E-state index in [4.69, 9.17) is 10.7 Å². The summed E-state index contributed by atoms with van der Waals surface area (Å²) in [7, 11) is 0.223. The van der Waals surface area contributed by atoms with Crippen molar-refractivity contribution >= 4 is 31.7 Å². The van der Waals surface area contributed by atoms with Gasteiger partial charge in [0.1, 0.15) is 6.29 Å². The number of carbonyl (C=O) groups excluding carboxylic acids is 1. The summed E-state index contributed by atoms with van der Waals surface area (Å²) < 4.78 is 50.5. The third kappa shape index (κ3) is 3.58. The Hall–Kier alpha value is -1.81. The van der Waals surface area contributed by atoms with Crippen LogP contribution in [0.3, 0.4) is 0 Å². The normalized spacial score (nSPS) is 11.4. The van der Waals surface area contributed by atoms with Crippen LogP contribution in [0.25, 0.3) is 0 Å². The van der Waals surface area contributed by atoms with Gasteiger partial charge in [0.2, 0.25) is 4.90 Å². The lowest BCUT2D eigenvalue weighted by molar-refractivity contribution is -0.388. The third-order valence-corrected chi connectivity index (χ3v) is 3.21. The van der Waals surface area contributed by atoms with Gasteiger partial charge in [0.05, 0.1) is 4.92 Å². The molecule has 1 aromatic carbocycles. The van der Waals surface area contributed by atoms with Gasteiger partial charge in [0, 0.05) is 22.3 Å². The van der Waals surface area contributed by atoms with E-state index in [1.165, 1.54) is 0 Å². The van der Waals surface area contributed by atoms with Crippen LogP contribution >= 0.6 is 10.7 Å². The maximum atomic E-state index is 12.1. The second-order valence-corrected chi connectivity index (χ2v) is 5.56. The van der Waals surface area contributed by atoms with Crippen molar-refractivity contribution in [3.63, 3.8) is 0 Å². The number of hydrogen-bond donors (Lipinski definition) is 0. The minimum atomic E-state index is -4.72. The van der Waals surface area contributed by atoms with E-state index in [2.05, 4.69) is 4.74 Å². The number of aldehydes is 1. The van der Waals surface area contributed by atoms with Crippen molar-refractivity contribution in [3.05, 3.63) is 27.8 Å². The van der Waals surface area contributed by atoms with Gasteiger partial charge in [-0.15, -0.1) is 0 Å². The van der Waals surface area contributed by atoms with Crippen LogP contribution in [-0.2, 0) is 9.05 Å². The fourth-order valence-corrected chi connectivity index (χ4v) is 2.44. The Kier molecular flexibility index (Phi) is 4.37. The van der Waals surface area contributed by atoms with Crippen LogP contribution in [0.1, 0.15) is 10.4 Å². The Bertz CT molecular complexity index is 632. The monoisotopic (exact) mass is 315 g/mol. The van der Waals surface area contributed by atoms with Crippen LogP contribution in [0.2, 0.25) is 0 Å². The highest BCUT2D eigenvalue weighted by Gasteiger charge is 2.31. The SMILES string of the molecule is O=Cc1cc(OC(F)F)c(S(=O)(=O)Cl)c([N+](=O)[O-])c1. The summed E-state index contributed by atoms with van der Waals surface area (Å²) in [6, 6.07) is 1.20. The van der Waals surface area contributed by atoms with E-state index in [1.807, 2.05) is 0 Å². The van der Waals surface area contributed by atoms with Crippen molar-refractivity contribution in [2.24, 2.45) is 0 Å². The number of ether oxygens (including phenoxy) is 1. The van der Waals surface area contributed by atoms with Crippen LogP contribution in [-0.4, -0.2) is 26.2 Å². The minimum Gasteiger partial charge on any atom is -0.433 e. The molecule has 0 aliphatic heterocycles. The lowest BCUT2D eigenvalue weighted by Gasteiger charge is -2.09. The average Bonchev–Trinajstić information content (AvgIpc) is 2.25. The van der Waals surface area contributed by atoms with Crippen molar-refractivity contribution in [1.82, 2.24) is 0 Å². The highest BCUT2D eigenvalue weighted by Crippen LogP contribution is 2.37.